The fourth-order valence-corrected chi connectivity index (χ4v) is 4.17. The highest BCUT2D eigenvalue weighted by Gasteiger charge is 2.32. The number of benzene rings is 1. The van der Waals surface area contributed by atoms with Crippen LogP contribution in [-0.2, 0) is 4.43 Å². The van der Waals surface area contributed by atoms with Crippen LogP contribution in [0.4, 0.5) is 0 Å². The van der Waals surface area contributed by atoms with Crippen LogP contribution in [0.1, 0.15) is 0 Å². The molecule has 2 aromatic rings. The first-order chi connectivity index (χ1) is 7.77. The van der Waals surface area contributed by atoms with Crippen LogP contribution in [0.25, 0.3) is 0 Å². The third kappa shape index (κ3) is 1.92. The lowest BCUT2D eigenvalue weighted by molar-refractivity contribution is 0.421. The van der Waals surface area contributed by atoms with Crippen molar-refractivity contribution in [3.63, 3.8) is 0 Å². The summed E-state index contributed by atoms with van der Waals surface area (Å²) in [5.41, 5.74) is 0. The molecule has 0 N–H and O–H groups in total. The number of rotatable bonds is 3. The van der Waals surface area contributed by atoms with Gasteiger partial charge in [0, 0.05) is 19.5 Å². The number of pyridine rings is 1. The van der Waals surface area contributed by atoms with Gasteiger partial charge in [-0.2, -0.15) is 0 Å². The zero-order valence-corrected chi connectivity index (χ0v) is 10.6. The minimum absolute atomic E-state index is 1.20. The van der Waals surface area contributed by atoms with Crippen LogP contribution in [0.5, 0.6) is 0 Å². The van der Waals surface area contributed by atoms with E-state index >= 15 is 0 Å². The van der Waals surface area contributed by atoms with Crippen LogP contribution < -0.4 is 10.4 Å². The fourth-order valence-electron chi connectivity index (χ4n) is 1.80. The van der Waals surface area contributed by atoms with E-state index in [0.29, 0.717) is 0 Å². The van der Waals surface area contributed by atoms with Gasteiger partial charge in [-0.05, 0) is 23.0 Å². The summed E-state index contributed by atoms with van der Waals surface area (Å²) in [5, 5.41) is 2.47. The van der Waals surface area contributed by atoms with Gasteiger partial charge in [-0.1, -0.05) is 36.4 Å². The lowest BCUT2D eigenvalue weighted by Crippen LogP contribution is -2.57. The van der Waals surface area contributed by atoms with Crippen LogP contribution in [-0.4, -0.2) is 20.4 Å². The molecule has 1 aromatic carbocycles. The molecule has 0 aliphatic rings. The lowest BCUT2D eigenvalue weighted by Gasteiger charge is -2.25. The second-order valence-electron chi connectivity index (χ2n) is 3.85. The average molecular weight is 229 g/mol. The molecule has 2 rings (SSSR count). The Morgan fingerprint density at radius 1 is 1.00 bits per heavy atom. The van der Waals surface area contributed by atoms with E-state index < -0.39 is 8.32 Å². The number of hydrogen-bond donors (Lipinski definition) is 0. The van der Waals surface area contributed by atoms with E-state index in [0.717, 1.165) is 0 Å². The summed E-state index contributed by atoms with van der Waals surface area (Å²) in [4.78, 5) is 4.18. The van der Waals surface area contributed by atoms with Gasteiger partial charge in [-0.15, -0.1) is 0 Å². The predicted molar refractivity (Wildman–Crippen MR) is 68.6 cm³/mol. The summed E-state index contributed by atoms with van der Waals surface area (Å²) in [6.45, 7) is 2.19. The van der Waals surface area contributed by atoms with Gasteiger partial charge in [-0.25, -0.2) is 0 Å². The van der Waals surface area contributed by atoms with Gasteiger partial charge in [-0.3, -0.25) is 4.98 Å². The lowest BCUT2D eigenvalue weighted by atomic mass is 10.4. The van der Waals surface area contributed by atoms with E-state index in [9.17, 15) is 0 Å². The van der Waals surface area contributed by atoms with Crippen molar-refractivity contribution < 1.29 is 4.43 Å². The van der Waals surface area contributed by atoms with Crippen LogP contribution in [0.3, 0.4) is 0 Å². The topological polar surface area (TPSA) is 22.1 Å². The van der Waals surface area contributed by atoms with E-state index in [1.807, 2.05) is 18.3 Å². The molecule has 2 nitrogen and oxygen atoms in total. The molecular formula is C13H15NOSi. The monoisotopic (exact) mass is 229 g/mol. The van der Waals surface area contributed by atoms with Gasteiger partial charge in [0.15, 0.2) is 0 Å². The van der Waals surface area contributed by atoms with E-state index in [4.69, 9.17) is 4.43 Å². The molecule has 1 heterocycles. The first-order valence-electron chi connectivity index (χ1n) is 5.28. The van der Waals surface area contributed by atoms with Gasteiger partial charge in [0.25, 0.3) is 8.32 Å². The summed E-state index contributed by atoms with van der Waals surface area (Å²) in [6.07, 6.45) is 3.70. The van der Waals surface area contributed by atoms with Gasteiger partial charge < -0.3 is 4.43 Å². The standard InChI is InChI=1S/C13H15NOSi/c1-15-16(2,12-7-4-3-5-8-12)13-9-6-10-14-11-13/h3-11H,1-2H3. The molecule has 0 aliphatic heterocycles. The quantitative estimate of drug-likeness (QED) is 0.743. The molecule has 82 valence electrons. The number of nitrogens with zero attached hydrogens (tertiary/aromatic N) is 1. The molecule has 16 heavy (non-hydrogen) atoms. The van der Waals surface area contributed by atoms with Crippen LogP contribution >= 0.6 is 0 Å². The maximum Gasteiger partial charge on any atom is 0.253 e. The predicted octanol–water partition coefficient (Wildman–Crippen LogP) is 1.42. The number of aromatic nitrogens is 1. The summed E-state index contributed by atoms with van der Waals surface area (Å²) >= 11 is 0. The summed E-state index contributed by atoms with van der Waals surface area (Å²) < 4.78 is 5.81. The first-order valence-corrected chi connectivity index (χ1v) is 7.69. The van der Waals surface area contributed by atoms with Crippen molar-refractivity contribution in [2.75, 3.05) is 7.11 Å². The molecule has 0 amide bonds. The van der Waals surface area contributed by atoms with E-state index in [-0.39, 0.29) is 0 Å². The van der Waals surface area contributed by atoms with Gasteiger partial charge in [0.05, 0.1) is 0 Å². The second-order valence-corrected chi connectivity index (χ2v) is 7.47. The largest absolute Gasteiger partial charge is 0.411 e. The van der Waals surface area contributed by atoms with Crippen molar-refractivity contribution in [1.29, 1.82) is 0 Å². The van der Waals surface area contributed by atoms with Crippen LogP contribution in [0.2, 0.25) is 6.55 Å². The fraction of sp³-hybridized carbons (Fsp3) is 0.154. The molecule has 0 fully saturated rings. The average Bonchev–Trinajstić information content (AvgIpc) is 2.40. The number of hydrogen-bond acceptors (Lipinski definition) is 2. The van der Waals surface area contributed by atoms with E-state index in [2.05, 4.69) is 41.9 Å². The Morgan fingerprint density at radius 3 is 2.25 bits per heavy atom. The van der Waals surface area contributed by atoms with Crippen molar-refractivity contribution in [1.82, 2.24) is 4.98 Å². The van der Waals surface area contributed by atoms with Gasteiger partial charge in [0.2, 0.25) is 0 Å². The Balaban J connectivity index is 2.49. The molecule has 1 atom stereocenters. The summed E-state index contributed by atoms with van der Waals surface area (Å²) in [6, 6.07) is 14.4. The highest BCUT2D eigenvalue weighted by atomic mass is 28.4. The third-order valence-electron chi connectivity index (χ3n) is 2.95. The molecule has 0 saturated carbocycles. The maximum atomic E-state index is 5.81. The van der Waals surface area contributed by atoms with Gasteiger partial charge in [0.1, 0.15) is 0 Å². The Bertz CT molecular complexity index is 405. The Labute approximate surface area is 97.1 Å². The zero-order valence-electron chi connectivity index (χ0n) is 9.55. The van der Waals surface area contributed by atoms with Crippen molar-refractivity contribution in [2.24, 2.45) is 0 Å². The highest BCUT2D eigenvalue weighted by molar-refractivity contribution is 6.96. The molecule has 0 spiro atoms. The third-order valence-corrected chi connectivity index (χ3v) is 6.59. The van der Waals surface area contributed by atoms with Crippen molar-refractivity contribution in [3.05, 3.63) is 54.9 Å². The van der Waals surface area contributed by atoms with Crippen molar-refractivity contribution in [2.45, 2.75) is 6.55 Å². The summed E-state index contributed by atoms with van der Waals surface area (Å²) in [7, 11) is -0.254. The minimum atomic E-state index is -2.04. The van der Waals surface area contributed by atoms with E-state index in [1.165, 1.54) is 10.4 Å². The molecule has 0 bridgehead atoms. The molecule has 1 unspecified atom stereocenters. The Kier molecular flexibility index (Phi) is 3.17. The van der Waals surface area contributed by atoms with Crippen molar-refractivity contribution in [3.8, 4) is 0 Å². The van der Waals surface area contributed by atoms with Gasteiger partial charge >= 0.3 is 0 Å². The second kappa shape index (κ2) is 4.59. The smallest absolute Gasteiger partial charge is 0.253 e. The highest BCUT2D eigenvalue weighted by Crippen LogP contribution is 2.04. The Morgan fingerprint density at radius 2 is 1.69 bits per heavy atom. The zero-order chi connectivity index (χ0) is 11.4. The molecule has 0 saturated heterocycles. The molecule has 3 heteroatoms. The minimum Gasteiger partial charge on any atom is -0.411 e. The SMILES string of the molecule is CO[Si](C)(c1ccccc1)c1cccnc1. The molecule has 0 radical (unpaired) electrons. The molecule has 1 aromatic heterocycles. The maximum absolute atomic E-state index is 5.81. The van der Waals surface area contributed by atoms with Crippen LogP contribution in [0, 0.1) is 0 Å². The van der Waals surface area contributed by atoms with Crippen molar-refractivity contribution >= 4 is 18.7 Å². The molecule has 0 aliphatic carbocycles. The molecular weight excluding hydrogens is 214 g/mol. The van der Waals surface area contributed by atoms with Crippen LogP contribution in [0.15, 0.2) is 54.9 Å². The first kappa shape index (κ1) is 11.0. The van der Waals surface area contributed by atoms with E-state index in [1.54, 1.807) is 13.3 Å². The Hall–Kier alpha value is -1.45. The summed E-state index contributed by atoms with van der Waals surface area (Å²) in [5.74, 6) is 0. The normalized spacial score (nSPS) is 14.4.